The quantitative estimate of drug-likeness (QED) is 0.631. The molecule has 3 fully saturated rings. The van der Waals surface area contributed by atoms with Crippen LogP contribution in [0.3, 0.4) is 0 Å². The molecule has 4 heteroatoms. The third-order valence-electron chi connectivity index (χ3n) is 8.80. The summed E-state index contributed by atoms with van der Waals surface area (Å²) in [7, 11) is 4.17. The predicted octanol–water partition coefficient (Wildman–Crippen LogP) is 3.20. The van der Waals surface area contributed by atoms with Gasteiger partial charge < -0.3 is 20.8 Å². The molecular weight excluding hydrogens is 348 g/mol. The average Bonchev–Trinajstić information content (AvgIpc) is 2.87. The zero-order valence-corrected chi connectivity index (χ0v) is 18.4. The van der Waals surface area contributed by atoms with Gasteiger partial charge in [-0.3, -0.25) is 0 Å². The maximum Gasteiger partial charge on any atom is 0.0546 e. The smallest absolute Gasteiger partial charge is 0.0546 e. The molecule has 0 aromatic carbocycles. The Labute approximate surface area is 171 Å². The van der Waals surface area contributed by atoms with E-state index in [2.05, 4.69) is 51.6 Å². The number of hydrogen-bond donors (Lipinski definition) is 3. The van der Waals surface area contributed by atoms with Crippen LogP contribution >= 0.6 is 0 Å². The molecule has 0 spiro atoms. The molecule has 0 aromatic heterocycles. The number of hydrogen-bond acceptors (Lipinski definition) is 4. The fourth-order valence-electron chi connectivity index (χ4n) is 6.89. The van der Waals surface area contributed by atoms with Crippen LogP contribution in [0.1, 0.15) is 52.4 Å². The van der Waals surface area contributed by atoms with Crippen molar-refractivity contribution < 1.29 is 10.2 Å². The Kier molecular flexibility index (Phi) is 6.46. The molecule has 3 unspecified atom stereocenters. The molecule has 28 heavy (non-hydrogen) atoms. The van der Waals surface area contributed by atoms with Gasteiger partial charge in [-0.15, -0.1) is 0 Å². The zero-order valence-electron chi connectivity index (χ0n) is 18.4. The fourth-order valence-corrected chi connectivity index (χ4v) is 6.89. The molecule has 0 amide bonds. The number of allylic oxidation sites excluding steroid dienone is 1. The molecule has 3 saturated carbocycles. The summed E-state index contributed by atoms with van der Waals surface area (Å²) in [5, 5.41) is 20.9. The van der Waals surface area contributed by atoms with E-state index < -0.39 is 0 Å². The van der Waals surface area contributed by atoms with Crippen molar-refractivity contribution in [2.75, 3.05) is 27.2 Å². The van der Waals surface area contributed by atoms with E-state index in [1.807, 2.05) is 0 Å². The summed E-state index contributed by atoms with van der Waals surface area (Å²) in [5.41, 5.74) is 7.79. The summed E-state index contributed by atoms with van der Waals surface area (Å²) < 4.78 is 0. The van der Waals surface area contributed by atoms with Gasteiger partial charge in [-0.25, -0.2) is 0 Å². The van der Waals surface area contributed by atoms with Crippen LogP contribution in [0.2, 0.25) is 0 Å². The van der Waals surface area contributed by atoms with Crippen molar-refractivity contribution in [3.8, 4) is 0 Å². The first kappa shape index (κ1) is 22.0. The summed E-state index contributed by atoms with van der Waals surface area (Å²) in [6.07, 6.45) is 10.3. The van der Waals surface area contributed by atoms with E-state index in [0.717, 1.165) is 45.1 Å². The zero-order chi connectivity index (χ0) is 20.7. The van der Waals surface area contributed by atoms with Gasteiger partial charge in [-0.1, -0.05) is 38.2 Å². The molecule has 0 bridgehead atoms. The number of aliphatic hydroxyl groups excluding tert-OH is 2. The van der Waals surface area contributed by atoms with Crippen molar-refractivity contribution in [2.45, 2.75) is 64.5 Å². The molecule has 160 valence electrons. The van der Waals surface area contributed by atoms with Gasteiger partial charge in [0.1, 0.15) is 0 Å². The Morgan fingerprint density at radius 3 is 2.54 bits per heavy atom. The summed E-state index contributed by atoms with van der Waals surface area (Å²) >= 11 is 0. The molecule has 3 aliphatic carbocycles. The Hall–Kier alpha value is -0.680. The minimum Gasteiger partial charge on any atom is -0.396 e. The van der Waals surface area contributed by atoms with Crippen LogP contribution in [-0.2, 0) is 0 Å². The second-order valence-electron chi connectivity index (χ2n) is 10.6. The second kappa shape index (κ2) is 8.22. The van der Waals surface area contributed by atoms with Crippen LogP contribution in [-0.4, -0.2) is 54.5 Å². The highest BCUT2D eigenvalue weighted by Gasteiger charge is 2.57. The van der Waals surface area contributed by atoms with Crippen molar-refractivity contribution >= 4 is 0 Å². The molecule has 3 aliphatic rings. The summed E-state index contributed by atoms with van der Waals surface area (Å²) in [4.78, 5) is 2.17. The molecule has 4 N–H and O–H groups in total. The Morgan fingerprint density at radius 1 is 1.18 bits per heavy atom. The van der Waals surface area contributed by atoms with Gasteiger partial charge in [0.05, 0.1) is 6.10 Å². The summed E-state index contributed by atoms with van der Waals surface area (Å²) in [6, 6.07) is 0.0690. The van der Waals surface area contributed by atoms with E-state index in [1.54, 1.807) is 0 Å². The van der Waals surface area contributed by atoms with E-state index >= 15 is 0 Å². The number of likely N-dealkylation sites (N-methyl/N-ethyl adjacent to an activating group) is 1. The van der Waals surface area contributed by atoms with Gasteiger partial charge in [0.2, 0.25) is 0 Å². The first-order valence-electron chi connectivity index (χ1n) is 11.2. The van der Waals surface area contributed by atoms with E-state index in [4.69, 9.17) is 5.73 Å². The highest BCUT2D eigenvalue weighted by Crippen LogP contribution is 2.63. The van der Waals surface area contributed by atoms with Crippen LogP contribution in [0.4, 0.5) is 0 Å². The number of rotatable bonds is 5. The number of nitrogens with two attached hydrogens (primary N) is 1. The van der Waals surface area contributed by atoms with E-state index in [-0.39, 0.29) is 35.5 Å². The fraction of sp³-hybridized carbons (Fsp3) is 0.833. The van der Waals surface area contributed by atoms with E-state index in [1.165, 1.54) is 5.57 Å². The molecule has 0 heterocycles. The molecule has 8 atom stereocenters. The third-order valence-corrected chi connectivity index (χ3v) is 8.80. The van der Waals surface area contributed by atoms with Crippen LogP contribution < -0.4 is 5.73 Å². The minimum absolute atomic E-state index is 0.0690. The van der Waals surface area contributed by atoms with Gasteiger partial charge in [-0.2, -0.15) is 0 Å². The molecule has 0 radical (unpaired) electrons. The van der Waals surface area contributed by atoms with E-state index in [9.17, 15) is 10.2 Å². The Bertz CT molecular complexity index is 603. The standard InChI is InChI=1S/C24H42N2O2/c1-16-22(25)14-21-19(15-27)20(9-11-23(16,21)2)24(3)10-8-18(28)13-17(24)7-6-12-26(4)5/h6-7,17-22,27-28H,1,8-15,25H2,2-5H3/t17-,18-,19+,20?,21?,22?,23+,24-/m0/s1. The molecule has 0 aromatic rings. The molecule has 0 aliphatic heterocycles. The number of aliphatic hydroxyl groups is 2. The van der Waals surface area contributed by atoms with Crippen molar-refractivity contribution in [2.24, 2.45) is 40.2 Å². The Balaban J connectivity index is 1.88. The lowest BCUT2D eigenvalue weighted by Crippen LogP contribution is -2.50. The van der Waals surface area contributed by atoms with Crippen LogP contribution in [0, 0.1) is 34.5 Å². The van der Waals surface area contributed by atoms with Gasteiger partial charge in [0.15, 0.2) is 0 Å². The number of nitrogens with zero attached hydrogens (tertiary/aromatic N) is 1. The Morgan fingerprint density at radius 2 is 1.89 bits per heavy atom. The lowest BCUT2D eigenvalue weighted by Gasteiger charge is -2.56. The van der Waals surface area contributed by atoms with Crippen LogP contribution in [0.5, 0.6) is 0 Å². The van der Waals surface area contributed by atoms with Gasteiger partial charge in [0, 0.05) is 19.2 Å². The van der Waals surface area contributed by atoms with Gasteiger partial charge in [0.25, 0.3) is 0 Å². The minimum atomic E-state index is -0.205. The SMILES string of the molecule is C=C1C(N)CC2[C@H](CO)C([C@@]3(C)CC[C@H](O)C[C@@H]3C=CCN(C)C)CC[C@]12C. The van der Waals surface area contributed by atoms with Crippen molar-refractivity contribution in [1.29, 1.82) is 0 Å². The predicted molar refractivity (Wildman–Crippen MR) is 116 cm³/mol. The number of fused-ring (bicyclic) bond motifs is 1. The molecule has 0 saturated heterocycles. The average molecular weight is 391 g/mol. The molecule has 3 rings (SSSR count). The summed E-state index contributed by atoms with van der Waals surface area (Å²) in [6.45, 7) is 10.2. The van der Waals surface area contributed by atoms with Crippen LogP contribution in [0.25, 0.3) is 0 Å². The van der Waals surface area contributed by atoms with Gasteiger partial charge in [-0.05, 0) is 87.1 Å². The highest BCUT2D eigenvalue weighted by molar-refractivity contribution is 5.26. The normalized spacial score (nSPS) is 47.1. The van der Waals surface area contributed by atoms with Crippen molar-refractivity contribution in [1.82, 2.24) is 4.90 Å². The van der Waals surface area contributed by atoms with Crippen LogP contribution in [0.15, 0.2) is 24.3 Å². The molecule has 4 nitrogen and oxygen atoms in total. The first-order valence-corrected chi connectivity index (χ1v) is 11.2. The monoisotopic (exact) mass is 390 g/mol. The largest absolute Gasteiger partial charge is 0.396 e. The topological polar surface area (TPSA) is 69.7 Å². The van der Waals surface area contributed by atoms with Crippen molar-refractivity contribution in [3.05, 3.63) is 24.3 Å². The highest BCUT2D eigenvalue weighted by atomic mass is 16.3. The lowest BCUT2D eigenvalue weighted by atomic mass is 9.49. The maximum atomic E-state index is 10.5. The molecular formula is C24H42N2O2. The lowest BCUT2D eigenvalue weighted by molar-refractivity contribution is -0.0826. The summed E-state index contributed by atoms with van der Waals surface area (Å²) in [5.74, 6) is 1.52. The van der Waals surface area contributed by atoms with E-state index in [0.29, 0.717) is 17.8 Å². The third kappa shape index (κ3) is 3.74. The maximum absolute atomic E-state index is 10.5. The first-order chi connectivity index (χ1) is 13.1. The second-order valence-corrected chi connectivity index (χ2v) is 10.6. The van der Waals surface area contributed by atoms with Crippen molar-refractivity contribution in [3.63, 3.8) is 0 Å². The van der Waals surface area contributed by atoms with Gasteiger partial charge >= 0.3 is 0 Å².